The van der Waals surface area contributed by atoms with Gasteiger partial charge in [0.2, 0.25) is 0 Å². The molecule has 0 saturated carbocycles. The van der Waals surface area contributed by atoms with E-state index in [4.69, 9.17) is 24.3 Å². The molecular weight excluding hydrogens is 482 g/mol. The molecule has 0 heterocycles. The van der Waals surface area contributed by atoms with Crippen molar-refractivity contribution in [3.05, 3.63) is 0 Å². The fraction of sp³-hybridized carbons (Fsp3) is 0. The van der Waals surface area contributed by atoms with E-state index >= 15 is 0 Å². The first kappa shape index (κ1) is 22.6. The second-order valence-corrected chi connectivity index (χ2v) is 0.753. The van der Waals surface area contributed by atoms with Gasteiger partial charge in [-0.2, -0.15) is 0 Å². The molecule has 2 radical (unpaired) electrons. The fourth-order valence-electron chi connectivity index (χ4n) is 0. The van der Waals surface area contributed by atoms with E-state index in [1.54, 1.807) is 0 Å². The molecule has 10 heteroatoms. The molecule has 10 heavy (non-hydrogen) atoms. The van der Waals surface area contributed by atoms with E-state index in [0.29, 0.717) is 0 Å². The summed E-state index contributed by atoms with van der Waals surface area (Å²) in [6, 6.07) is 0. The standard InChI is InChI=1S/Bi.3Co.3H2O.3O/h;;;;3*1H2;;;/q+3;;;;;;;;;/p-3. The molecule has 0 saturated heterocycles. The molecule has 0 amide bonds. The topological polar surface area (TPSA) is 112 Å². The SMILES string of the molecule is [Bi+3].[O]=[Co-][OH].[O]=[Co-][OH].[O]=[Co-][OH]. The van der Waals surface area contributed by atoms with Crippen molar-refractivity contribution >= 4 is 26.2 Å². The van der Waals surface area contributed by atoms with Gasteiger partial charge in [-0.1, -0.05) is 0 Å². The molecule has 0 aliphatic heterocycles. The molecule has 0 aromatic carbocycles. The third kappa shape index (κ3) is 258. The monoisotopic (exact) mass is 485 g/mol. The van der Waals surface area contributed by atoms with Crippen molar-refractivity contribution in [2.45, 2.75) is 0 Å². The van der Waals surface area contributed by atoms with Gasteiger partial charge in [0, 0.05) is 0 Å². The Bertz CT molecular complexity index is 49.7. The third-order valence-corrected chi connectivity index (χ3v) is 0. The maximum atomic E-state index is 8.45. The van der Waals surface area contributed by atoms with Crippen molar-refractivity contribution in [3.63, 3.8) is 0 Å². The summed E-state index contributed by atoms with van der Waals surface area (Å²) in [6.07, 6.45) is 0. The predicted molar refractivity (Wildman–Crippen MR) is 14.5 cm³/mol. The summed E-state index contributed by atoms with van der Waals surface area (Å²) in [5.74, 6) is 0. The molecule has 0 unspecified atom stereocenters. The summed E-state index contributed by atoms with van der Waals surface area (Å²) < 4.78 is 46.3. The van der Waals surface area contributed by atoms with Gasteiger partial charge in [0.25, 0.3) is 0 Å². The quantitative estimate of drug-likeness (QED) is 0.330. The first-order chi connectivity index (χ1) is 4.24. The van der Waals surface area contributed by atoms with Gasteiger partial charge < -0.3 is 0 Å². The van der Waals surface area contributed by atoms with Gasteiger partial charge in [-0.25, -0.2) is 0 Å². The van der Waals surface area contributed by atoms with Crippen LogP contribution in [0, 0.1) is 0 Å². The van der Waals surface area contributed by atoms with Crippen molar-refractivity contribution in [1.29, 1.82) is 0 Å². The zero-order chi connectivity index (χ0) is 8.12. The van der Waals surface area contributed by atoms with E-state index in [0.717, 1.165) is 0 Å². The molecule has 0 spiro atoms. The second-order valence-electron chi connectivity index (χ2n) is 0.183. The average molecular weight is 485 g/mol. The summed E-state index contributed by atoms with van der Waals surface area (Å²) in [5.41, 5.74) is 0. The molecule has 0 aliphatic carbocycles. The van der Waals surface area contributed by atoms with Gasteiger partial charge in [-0.3, -0.25) is 0 Å². The van der Waals surface area contributed by atoms with Gasteiger partial charge in [-0.15, -0.1) is 0 Å². The molecule has 3 N–H and O–H groups in total. The number of rotatable bonds is 0. The van der Waals surface area contributed by atoms with Gasteiger partial charge in [0.05, 0.1) is 0 Å². The van der Waals surface area contributed by atoms with E-state index in [2.05, 4.69) is 0 Å². The molecule has 0 fully saturated rings. The molecule has 0 aliphatic rings. The number of hydrogen-bond donors (Lipinski definition) is 3. The van der Waals surface area contributed by atoms with E-state index in [1.165, 1.54) is 0 Å². The van der Waals surface area contributed by atoms with Crippen LogP contribution >= 0.6 is 0 Å². The van der Waals surface area contributed by atoms with E-state index in [1.807, 2.05) is 0 Å². The molecule has 0 aromatic heterocycles. The van der Waals surface area contributed by atoms with Crippen LogP contribution in [0.4, 0.5) is 0 Å². The van der Waals surface area contributed by atoms with Crippen molar-refractivity contribution in [1.82, 2.24) is 0 Å². The molecule has 0 bridgehead atoms. The Morgan fingerprint density at radius 3 is 0.700 bits per heavy atom. The Hall–Kier alpha value is 1.68. The zero-order valence-electron chi connectivity index (χ0n) is 4.01. The van der Waals surface area contributed by atoms with Gasteiger partial charge in [0.1, 0.15) is 0 Å². The van der Waals surface area contributed by atoms with Crippen LogP contribution in [0.3, 0.4) is 0 Å². The van der Waals surface area contributed by atoms with Crippen molar-refractivity contribution in [2.75, 3.05) is 0 Å². The number of hydrogen-bond acceptors (Lipinski definition) is 3. The maximum absolute atomic E-state index is 8.45. The Labute approximate surface area is 94.4 Å². The molecule has 0 aromatic rings. The zero-order valence-corrected chi connectivity index (χ0v) is 10.6. The first-order valence-electron chi connectivity index (χ1n) is 0.855. The molecule has 71 valence electrons. The summed E-state index contributed by atoms with van der Waals surface area (Å²) in [5, 5.41) is 0. The normalized spacial score (nSPS) is 6.30. The first-order valence-corrected chi connectivity index (χ1v) is 3.53. The van der Waals surface area contributed by atoms with Crippen molar-refractivity contribution < 1.29 is 69.1 Å². The Morgan fingerprint density at radius 1 is 0.700 bits per heavy atom. The third-order valence-electron chi connectivity index (χ3n) is 0. The van der Waals surface area contributed by atoms with E-state index in [-0.39, 0.29) is 26.2 Å². The van der Waals surface area contributed by atoms with Crippen LogP contribution in [0.1, 0.15) is 0 Å². The van der Waals surface area contributed by atoms with Crippen LogP contribution in [0.2, 0.25) is 0 Å². The summed E-state index contributed by atoms with van der Waals surface area (Å²) >= 11 is -2.44. The Balaban J connectivity index is -0.0000000257. The van der Waals surface area contributed by atoms with Crippen LogP contribution in [0.5, 0.6) is 0 Å². The van der Waals surface area contributed by atoms with Crippen LogP contribution in [0.15, 0.2) is 0 Å². The van der Waals surface area contributed by atoms with Crippen LogP contribution < -0.4 is 0 Å². The van der Waals surface area contributed by atoms with Crippen LogP contribution in [-0.2, 0) is 56.5 Å². The average Bonchev–Trinajstić information content (AvgIpc) is 1.70. The van der Waals surface area contributed by atoms with E-state index in [9.17, 15) is 0 Å². The summed E-state index contributed by atoms with van der Waals surface area (Å²) in [6.45, 7) is 0. The second kappa shape index (κ2) is 45.7. The van der Waals surface area contributed by atoms with Gasteiger partial charge in [-0.05, 0) is 0 Å². The van der Waals surface area contributed by atoms with Crippen molar-refractivity contribution in [3.8, 4) is 0 Å². The predicted octanol–water partition coefficient (Wildman–Crippen LogP) is -2.42. The molecule has 6 nitrogen and oxygen atoms in total. The van der Waals surface area contributed by atoms with E-state index < -0.39 is 44.9 Å². The Kier molecular flexibility index (Phi) is 103. The molecular formula is H3BiCo3O6. The van der Waals surface area contributed by atoms with Gasteiger partial charge >= 0.3 is 95.3 Å². The van der Waals surface area contributed by atoms with Crippen LogP contribution in [0.25, 0.3) is 0 Å². The van der Waals surface area contributed by atoms with Crippen molar-refractivity contribution in [2.24, 2.45) is 0 Å². The minimum absolute atomic E-state index is 0. The van der Waals surface area contributed by atoms with Gasteiger partial charge in [0.15, 0.2) is 0 Å². The Morgan fingerprint density at radius 2 is 0.700 bits per heavy atom. The fourth-order valence-corrected chi connectivity index (χ4v) is 0. The minimum atomic E-state index is -0.812. The van der Waals surface area contributed by atoms with Crippen LogP contribution in [-0.4, -0.2) is 38.9 Å². The molecule has 0 rings (SSSR count). The molecule has 0 atom stereocenters. The summed E-state index contributed by atoms with van der Waals surface area (Å²) in [4.78, 5) is 0. The summed E-state index contributed by atoms with van der Waals surface area (Å²) in [7, 11) is 0.